The van der Waals surface area contributed by atoms with Gasteiger partial charge < -0.3 is 15.8 Å². The normalized spacial score (nSPS) is 12.6. The molecule has 21 heavy (non-hydrogen) atoms. The molecular formula is C14H19ClF2N2O2. The van der Waals surface area contributed by atoms with Crippen LogP contribution in [0, 0.1) is 11.8 Å². The standard InChI is InChI=1S/C14H19ClF2N2O2/c1-8(2)5-9(7-18)13(20)19-10-3-4-12(11(15)6-10)21-14(16)17/h3-4,6,8-9,14H,5,7,18H2,1-2H3,(H,19,20). The molecule has 1 aromatic carbocycles. The zero-order chi connectivity index (χ0) is 16.0. The van der Waals surface area contributed by atoms with Crippen molar-refractivity contribution in [2.24, 2.45) is 17.6 Å². The van der Waals surface area contributed by atoms with Gasteiger partial charge in [0.05, 0.1) is 10.9 Å². The summed E-state index contributed by atoms with van der Waals surface area (Å²) < 4.78 is 28.5. The first-order valence-corrected chi connectivity index (χ1v) is 6.96. The Kier molecular flexibility index (Phi) is 6.84. The lowest BCUT2D eigenvalue weighted by molar-refractivity contribution is -0.120. The van der Waals surface area contributed by atoms with E-state index < -0.39 is 6.61 Å². The number of halogens is 3. The van der Waals surface area contributed by atoms with Crippen molar-refractivity contribution in [2.75, 3.05) is 11.9 Å². The van der Waals surface area contributed by atoms with Crippen LogP contribution >= 0.6 is 11.6 Å². The Morgan fingerprint density at radius 2 is 2.10 bits per heavy atom. The van der Waals surface area contributed by atoms with E-state index in [0.29, 0.717) is 18.0 Å². The second kappa shape index (κ2) is 8.14. The van der Waals surface area contributed by atoms with E-state index >= 15 is 0 Å². The van der Waals surface area contributed by atoms with Crippen molar-refractivity contribution in [1.82, 2.24) is 0 Å². The van der Waals surface area contributed by atoms with E-state index in [4.69, 9.17) is 17.3 Å². The summed E-state index contributed by atoms with van der Waals surface area (Å²) in [4.78, 5) is 12.1. The summed E-state index contributed by atoms with van der Waals surface area (Å²) in [6.07, 6.45) is 0.669. The molecule has 0 saturated carbocycles. The summed E-state index contributed by atoms with van der Waals surface area (Å²) in [5.41, 5.74) is 6.01. The van der Waals surface area contributed by atoms with Crippen molar-refractivity contribution in [2.45, 2.75) is 26.9 Å². The van der Waals surface area contributed by atoms with Crippen LogP contribution in [-0.2, 0) is 4.79 Å². The monoisotopic (exact) mass is 320 g/mol. The highest BCUT2D eigenvalue weighted by atomic mass is 35.5. The largest absolute Gasteiger partial charge is 0.433 e. The van der Waals surface area contributed by atoms with E-state index in [2.05, 4.69) is 10.1 Å². The highest BCUT2D eigenvalue weighted by Gasteiger charge is 2.19. The Morgan fingerprint density at radius 1 is 1.43 bits per heavy atom. The number of benzene rings is 1. The number of anilines is 1. The number of ether oxygens (including phenoxy) is 1. The minimum atomic E-state index is -2.95. The lowest BCUT2D eigenvalue weighted by Gasteiger charge is -2.17. The number of carbonyl (C=O) groups excluding carboxylic acids is 1. The number of nitrogens with one attached hydrogen (secondary N) is 1. The van der Waals surface area contributed by atoms with E-state index in [1.807, 2.05) is 13.8 Å². The summed E-state index contributed by atoms with van der Waals surface area (Å²) >= 11 is 5.82. The molecule has 1 atom stereocenters. The topological polar surface area (TPSA) is 64.4 Å². The Bertz CT molecular complexity index is 484. The van der Waals surface area contributed by atoms with Crippen LogP contribution in [0.25, 0.3) is 0 Å². The number of rotatable bonds is 7. The van der Waals surface area contributed by atoms with Crippen molar-refractivity contribution < 1.29 is 18.3 Å². The van der Waals surface area contributed by atoms with E-state index in [0.717, 1.165) is 0 Å². The molecule has 1 rings (SSSR count). The number of carbonyl (C=O) groups is 1. The predicted molar refractivity (Wildman–Crippen MR) is 78.7 cm³/mol. The molecule has 0 heterocycles. The molecule has 3 N–H and O–H groups in total. The van der Waals surface area contributed by atoms with E-state index in [9.17, 15) is 13.6 Å². The Labute approximate surface area is 127 Å². The van der Waals surface area contributed by atoms with E-state index in [1.165, 1.54) is 18.2 Å². The molecule has 0 spiro atoms. The van der Waals surface area contributed by atoms with Crippen molar-refractivity contribution >= 4 is 23.2 Å². The van der Waals surface area contributed by atoms with Gasteiger partial charge in [0.1, 0.15) is 5.75 Å². The first kappa shape index (κ1) is 17.7. The van der Waals surface area contributed by atoms with Gasteiger partial charge in [0.25, 0.3) is 0 Å². The fourth-order valence-corrected chi connectivity index (χ4v) is 2.12. The molecule has 0 radical (unpaired) electrons. The van der Waals surface area contributed by atoms with Gasteiger partial charge in [-0.2, -0.15) is 8.78 Å². The molecule has 118 valence electrons. The van der Waals surface area contributed by atoms with Crippen molar-refractivity contribution in [1.29, 1.82) is 0 Å². The Hall–Kier alpha value is -1.40. The van der Waals surface area contributed by atoms with Crippen LogP contribution in [0.1, 0.15) is 20.3 Å². The molecule has 0 aliphatic carbocycles. The maximum absolute atomic E-state index is 12.1. The van der Waals surface area contributed by atoms with Crippen molar-refractivity contribution in [3.63, 3.8) is 0 Å². The van der Waals surface area contributed by atoms with Crippen LogP contribution < -0.4 is 15.8 Å². The molecule has 0 fully saturated rings. The van der Waals surface area contributed by atoms with Gasteiger partial charge in [-0.1, -0.05) is 25.4 Å². The van der Waals surface area contributed by atoms with Crippen LogP contribution in [-0.4, -0.2) is 19.1 Å². The maximum atomic E-state index is 12.1. The molecule has 1 unspecified atom stereocenters. The zero-order valence-electron chi connectivity index (χ0n) is 11.9. The van der Waals surface area contributed by atoms with Crippen LogP contribution in [0.4, 0.5) is 14.5 Å². The van der Waals surface area contributed by atoms with Gasteiger partial charge in [0.15, 0.2) is 0 Å². The molecule has 0 saturated heterocycles. The number of nitrogens with two attached hydrogens (primary N) is 1. The summed E-state index contributed by atoms with van der Waals surface area (Å²) in [6.45, 7) is 1.30. The fraction of sp³-hybridized carbons (Fsp3) is 0.500. The fourth-order valence-electron chi connectivity index (χ4n) is 1.89. The average Bonchev–Trinajstić information content (AvgIpc) is 2.38. The van der Waals surface area contributed by atoms with Crippen LogP contribution in [0.3, 0.4) is 0 Å². The average molecular weight is 321 g/mol. The number of alkyl halides is 2. The predicted octanol–water partition coefficient (Wildman–Crippen LogP) is 3.50. The Morgan fingerprint density at radius 3 is 2.57 bits per heavy atom. The summed E-state index contributed by atoms with van der Waals surface area (Å²) in [6, 6.07) is 4.09. The smallest absolute Gasteiger partial charge is 0.387 e. The molecule has 1 aromatic rings. The number of hydrogen-bond donors (Lipinski definition) is 2. The minimum absolute atomic E-state index is 0.00116. The third-order valence-electron chi connectivity index (χ3n) is 2.83. The van der Waals surface area contributed by atoms with Gasteiger partial charge in [-0.3, -0.25) is 4.79 Å². The molecule has 0 aliphatic rings. The minimum Gasteiger partial charge on any atom is -0.433 e. The van der Waals surface area contributed by atoms with Gasteiger partial charge >= 0.3 is 6.61 Å². The molecule has 0 aliphatic heterocycles. The highest BCUT2D eigenvalue weighted by molar-refractivity contribution is 6.32. The third kappa shape index (κ3) is 5.85. The number of hydrogen-bond acceptors (Lipinski definition) is 3. The van der Waals surface area contributed by atoms with Gasteiger partial charge in [-0.15, -0.1) is 0 Å². The molecule has 1 amide bonds. The first-order valence-electron chi connectivity index (χ1n) is 6.58. The van der Waals surface area contributed by atoms with E-state index in [1.54, 1.807) is 0 Å². The first-order chi connectivity index (χ1) is 9.83. The third-order valence-corrected chi connectivity index (χ3v) is 3.12. The van der Waals surface area contributed by atoms with Crippen molar-refractivity contribution in [3.8, 4) is 5.75 Å². The van der Waals surface area contributed by atoms with Crippen LogP contribution in [0.2, 0.25) is 5.02 Å². The zero-order valence-corrected chi connectivity index (χ0v) is 12.7. The summed E-state index contributed by atoms with van der Waals surface area (Å²) in [7, 11) is 0. The van der Waals surface area contributed by atoms with E-state index in [-0.39, 0.29) is 29.1 Å². The van der Waals surface area contributed by atoms with Gasteiger partial charge in [0.2, 0.25) is 5.91 Å². The summed E-state index contributed by atoms with van der Waals surface area (Å²) in [5.74, 6) is -0.317. The molecule has 4 nitrogen and oxygen atoms in total. The second-order valence-electron chi connectivity index (χ2n) is 5.08. The Balaban J connectivity index is 2.74. The number of amides is 1. The molecule has 0 aromatic heterocycles. The molecular weight excluding hydrogens is 302 g/mol. The van der Waals surface area contributed by atoms with Crippen LogP contribution in [0.5, 0.6) is 5.75 Å². The van der Waals surface area contributed by atoms with Gasteiger partial charge in [0, 0.05) is 12.2 Å². The van der Waals surface area contributed by atoms with Gasteiger partial charge in [-0.25, -0.2) is 0 Å². The lowest BCUT2D eigenvalue weighted by atomic mass is 9.96. The lowest BCUT2D eigenvalue weighted by Crippen LogP contribution is -2.30. The summed E-state index contributed by atoms with van der Waals surface area (Å²) in [5, 5.41) is 2.67. The maximum Gasteiger partial charge on any atom is 0.387 e. The van der Waals surface area contributed by atoms with Gasteiger partial charge in [-0.05, 0) is 30.5 Å². The second-order valence-corrected chi connectivity index (χ2v) is 5.48. The molecule has 7 heteroatoms. The highest BCUT2D eigenvalue weighted by Crippen LogP contribution is 2.29. The van der Waals surface area contributed by atoms with Crippen LogP contribution in [0.15, 0.2) is 18.2 Å². The van der Waals surface area contributed by atoms with Crippen molar-refractivity contribution in [3.05, 3.63) is 23.2 Å². The quantitative estimate of drug-likeness (QED) is 0.808. The molecule has 0 bridgehead atoms. The SMILES string of the molecule is CC(C)CC(CN)C(=O)Nc1ccc(OC(F)F)c(Cl)c1.